The van der Waals surface area contributed by atoms with Gasteiger partial charge in [0.15, 0.2) is 12.5 Å². The summed E-state index contributed by atoms with van der Waals surface area (Å²) in [5, 5.41) is 11.7. The predicted octanol–water partition coefficient (Wildman–Crippen LogP) is 2.62. The molecule has 2 unspecified atom stereocenters. The lowest BCUT2D eigenvalue weighted by Gasteiger charge is -2.29. The van der Waals surface area contributed by atoms with Crippen LogP contribution < -0.4 is 10.2 Å². The van der Waals surface area contributed by atoms with Crippen molar-refractivity contribution < 1.29 is 9.53 Å². The van der Waals surface area contributed by atoms with Crippen LogP contribution >= 0.6 is 0 Å². The number of hydrogen-bond donors (Lipinski definition) is 1. The molecule has 1 aliphatic rings. The number of benzene rings is 1. The lowest BCUT2D eigenvalue weighted by atomic mass is 10.0. The predicted molar refractivity (Wildman–Crippen MR) is 112 cm³/mol. The van der Waals surface area contributed by atoms with Crippen molar-refractivity contribution in [3.63, 3.8) is 0 Å². The van der Waals surface area contributed by atoms with Gasteiger partial charge in [-0.3, -0.25) is 4.79 Å². The number of para-hydroxylation sites is 1. The Morgan fingerprint density at radius 3 is 2.73 bits per heavy atom. The Morgan fingerprint density at radius 1 is 1.20 bits per heavy atom. The van der Waals surface area contributed by atoms with E-state index in [4.69, 9.17) is 4.74 Å². The minimum absolute atomic E-state index is 0.0751. The summed E-state index contributed by atoms with van der Waals surface area (Å²) in [6, 6.07) is 11.5. The Bertz CT molecular complexity index is 992. The highest BCUT2D eigenvalue weighted by molar-refractivity contribution is 5.64. The Morgan fingerprint density at radius 2 is 2.00 bits per heavy atom. The Hall–Kier alpha value is -3.33. The number of ether oxygens (including phenoxy) is 1. The minimum atomic E-state index is -0.636. The first-order valence-corrected chi connectivity index (χ1v) is 9.99. The van der Waals surface area contributed by atoms with Gasteiger partial charge in [-0.05, 0) is 31.0 Å². The third-order valence-electron chi connectivity index (χ3n) is 5.18. The van der Waals surface area contributed by atoms with Gasteiger partial charge in [0.25, 0.3) is 0 Å². The molecule has 30 heavy (non-hydrogen) atoms. The fourth-order valence-corrected chi connectivity index (χ4v) is 3.48. The molecule has 1 N–H and O–H groups in total. The molecule has 0 amide bonds. The van der Waals surface area contributed by atoms with E-state index in [1.807, 2.05) is 48.4 Å². The van der Waals surface area contributed by atoms with Crippen LogP contribution in [0.5, 0.6) is 0 Å². The first kappa shape index (κ1) is 20.0. The van der Waals surface area contributed by atoms with Gasteiger partial charge in [0.1, 0.15) is 11.5 Å². The number of hydrogen-bond acceptors (Lipinski definition) is 8. The Balaban J connectivity index is 1.52. The van der Waals surface area contributed by atoms with Crippen molar-refractivity contribution in [3.05, 3.63) is 54.5 Å². The van der Waals surface area contributed by atoms with Crippen LogP contribution in [0, 0.1) is 5.92 Å². The summed E-state index contributed by atoms with van der Waals surface area (Å²) < 4.78 is 7.36. The van der Waals surface area contributed by atoms with Crippen molar-refractivity contribution in [2.75, 3.05) is 16.8 Å². The maximum atomic E-state index is 11.5. The highest BCUT2D eigenvalue weighted by Crippen LogP contribution is 2.28. The Kier molecular flexibility index (Phi) is 5.71. The molecule has 1 aliphatic heterocycles. The molecule has 3 heterocycles. The fraction of sp³-hybridized carbons (Fsp3) is 0.381. The molecule has 4 rings (SSSR count). The van der Waals surface area contributed by atoms with Crippen LogP contribution in [0.25, 0.3) is 5.69 Å². The maximum absolute atomic E-state index is 11.5. The van der Waals surface area contributed by atoms with Gasteiger partial charge in [-0.1, -0.05) is 37.3 Å². The Labute approximate surface area is 175 Å². The molecule has 9 heteroatoms. The van der Waals surface area contributed by atoms with Crippen LogP contribution in [-0.2, 0) is 9.53 Å². The average molecular weight is 407 g/mol. The SMILES string of the molecule is CC(C)C1COC(C=O)N1c1ccnc(N[C@@H](C)c2cn(-c3ccccc3)nn2)n1. The number of aromatic nitrogens is 5. The van der Waals surface area contributed by atoms with E-state index in [-0.39, 0.29) is 12.1 Å². The van der Waals surface area contributed by atoms with Gasteiger partial charge in [-0.2, -0.15) is 4.98 Å². The second kappa shape index (κ2) is 8.58. The maximum Gasteiger partial charge on any atom is 0.225 e. The van der Waals surface area contributed by atoms with Crippen molar-refractivity contribution in [2.45, 2.75) is 39.1 Å². The number of nitrogens with zero attached hydrogens (tertiary/aromatic N) is 6. The molecule has 3 aromatic rings. The molecule has 0 bridgehead atoms. The van der Waals surface area contributed by atoms with Gasteiger partial charge in [0.2, 0.25) is 5.95 Å². The zero-order chi connectivity index (χ0) is 21.1. The quantitative estimate of drug-likeness (QED) is 0.597. The topological polar surface area (TPSA) is 98.1 Å². The highest BCUT2D eigenvalue weighted by Gasteiger charge is 2.37. The van der Waals surface area contributed by atoms with Gasteiger partial charge in [0, 0.05) is 6.20 Å². The van der Waals surface area contributed by atoms with Crippen LogP contribution in [0.1, 0.15) is 32.5 Å². The monoisotopic (exact) mass is 407 g/mol. The van der Waals surface area contributed by atoms with Crippen LogP contribution in [0.15, 0.2) is 48.8 Å². The van der Waals surface area contributed by atoms with Crippen molar-refractivity contribution in [3.8, 4) is 5.69 Å². The van der Waals surface area contributed by atoms with E-state index in [1.165, 1.54) is 0 Å². The van der Waals surface area contributed by atoms with Gasteiger partial charge in [0.05, 0.1) is 30.6 Å². The molecule has 1 fully saturated rings. The number of carbonyl (C=O) groups is 1. The zero-order valence-corrected chi connectivity index (χ0v) is 17.2. The molecule has 2 aromatic heterocycles. The van der Waals surface area contributed by atoms with E-state index in [0.717, 1.165) is 17.7 Å². The van der Waals surface area contributed by atoms with Crippen LogP contribution in [0.2, 0.25) is 0 Å². The summed E-state index contributed by atoms with van der Waals surface area (Å²) in [6.07, 6.45) is 3.73. The van der Waals surface area contributed by atoms with Crippen molar-refractivity contribution in [1.29, 1.82) is 0 Å². The van der Waals surface area contributed by atoms with E-state index in [9.17, 15) is 4.79 Å². The molecule has 156 valence electrons. The lowest BCUT2D eigenvalue weighted by molar-refractivity contribution is -0.115. The fourth-order valence-electron chi connectivity index (χ4n) is 3.48. The first-order chi connectivity index (χ1) is 14.6. The summed E-state index contributed by atoms with van der Waals surface area (Å²) in [5.41, 5.74) is 1.71. The van der Waals surface area contributed by atoms with E-state index >= 15 is 0 Å². The van der Waals surface area contributed by atoms with Crippen LogP contribution in [0.4, 0.5) is 11.8 Å². The molecule has 1 aromatic carbocycles. The molecule has 1 saturated heterocycles. The number of carbonyl (C=O) groups excluding carboxylic acids is 1. The number of rotatable bonds is 7. The van der Waals surface area contributed by atoms with Crippen LogP contribution in [0.3, 0.4) is 0 Å². The highest BCUT2D eigenvalue weighted by atomic mass is 16.5. The van der Waals surface area contributed by atoms with E-state index in [1.54, 1.807) is 16.9 Å². The van der Waals surface area contributed by atoms with Gasteiger partial charge < -0.3 is 15.0 Å². The van der Waals surface area contributed by atoms with Gasteiger partial charge in [-0.25, -0.2) is 9.67 Å². The van der Waals surface area contributed by atoms with Crippen molar-refractivity contribution in [2.24, 2.45) is 5.92 Å². The van der Waals surface area contributed by atoms with E-state index in [0.29, 0.717) is 24.3 Å². The van der Waals surface area contributed by atoms with Gasteiger partial charge in [-0.15, -0.1) is 5.10 Å². The molecule has 3 atom stereocenters. The summed E-state index contributed by atoms with van der Waals surface area (Å²) in [7, 11) is 0. The largest absolute Gasteiger partial charge is 0.349 e. The first-order valence-electron chi connectivity index (χ1n) is 9.99. The average Bonchev–Trinajstić information content (AvgIpc) is 3.42. The molecule has 0 spiro atoms. The number of nitrogens with one attached hydrogen (secondary N) is 1. The third-order valence-corrected chi connectivity index (χ3v) is 5.18. The number of anilines is 2. The molecule has 0 aliphatic carbocycles. The third kappa shape index (κ3) is 4.02. The smallest absolute Gasteiger partial charge is 0.225 e. The number of aldehydes is 1. The van der Waals surface area contributed by atoms with E-state index < -0.39 is 6.23 Å². The summed E-state index contributed by atoms with van der Waals surface area (Å²) >= 11 is 0. The molecule has 0 saturated carbocycles. The van der Waals surface area contributed by atoms with Crippen molar-refractivity contribution in [1.82, 2.24) is 25.0 Å². The minimum Gasteiger partial charge on any atom is -0.349 e. The van der Waals surface area contributed by atoms with Crippen molar-refractivity contribution >= 4 is 18.1 Å². The summed E-state index contributed by atoms with van der Waals surface area (Å²) in [6.45, 7) is 6.67. The molecule has 9 nitrogen and oxygen atoms in total. The molecule has 0 radical (unpaired) electrons. The second-order valence-electron chi connectivity index (χ2n) is 7.61. The lowest BCUT2D eigenvalue weighted by Crippen LogP contribution is -2.41. The molecular weight excluding hydrogens is 382 g/mol. The summed E-state index contributed by atoms with van der Waals surface area (Å²) in [5.74, 6) is 1.42. The second-order valence-corrected chi connectivity index (χ2v) is 7.61. The standard InChI is InChI=1S/C21H25N7O2/c1-14(2)18-13-30-20(12-29)28(18)19-9-10-22-21(24-19)23-15(3)17-11-27(26-25-17)16-7-5-4-6-8-16/h4-12,14-15,18,20H,13H2,1-3H3,(H,22,23,24)/t15-,18?,20?/m0/s1. The van der Waals surface area contributed by atoms with Crippen LogP contribution in [-0.4, -0.2) is 50.1 Å². The normalized spacial score (nSPS) is 19.8. The molecular formula is C21H25N7O2. The van der Waals surface area contributed by atoms with Gasteiger partial charge >= 0.3 is 0 Å². The zero-order valence-electron chi connectivity index (χ0n) is 17.2. The van der Waals surface area contributed by atoms with E-state index in [2.05, 4.69) is 39.4 Å². The summed E-state index contributed by atoms with van der Waals surface area (Å²) in [4.78, 5) is 22.4.